The fourth-order valence-corrected chi connectivity index (χ4v) is 46.3. The van der Waals surface area contributed by atoms with Gasteiger partial charge in [0.05, 0.1) is 0 Å². The van der Waals surface area contributed by atoms with E-state index in [-0.39, 0.29) is 0 Å². The summed E-state index contributed by atoms with van der Waals surface area (Å²) in [4.78, 5) is 0. The zero-order chi connectivity index (χ0) is 17.0. The van der Waals surface area contributed by atoms with E-state index in [0.29, 0.717) is 0 Å². The van der Waals surface area contributed by atoms with Gasteiger partial charge in [-0.3, -0.25) is 0 Å². The Morgan fingerprint density at radius 3 is 1.75 bits per heavy atom. The van der Waals surface area contributed by atoms with Gasteiger partial charge < -0.3 is 0 Å². The molecule has 24 heavy (non-hydrogen) atoms. The summed E-state index contributed by atoms with van der Waals surface area (Å²) in [6, 6.07) is 11.4. The zero-order valence-corrected chi connectivity index (χ0v) is 20.3. The Morgan fingerprint density at radius 2 is 1.29 bits per heavy atom. The van der Waals surface area contributed by atoms with Crippen molar-refractivity contribution in [3.63, 3.8) is 0 Å². The van der Waals surface area contributed by atoms with Crippen LogP contribution in [0.1, 0.15) is 64.2 Å². The molecule has 2 fully saturated rings. The van der Waals surface area contributed by atoms with Gasteiger partial charge in [0.1, 0.15) is 0 Å². The first-order valence-electron chi connectivity index (χ1n) is 10.3. The summed E-state index contributed by atoms with van der Waals surface area (Å²) in [7, 11) is 6.45. The van der Waals surface area contributed by atoms with Crippen LogP contribution >= 0.6 is 8.92 Å². The molecule has 0 spiro atoms. The molecule has 3 heteroatoms. The van der Waals surface area contributed by atoms with Crippen LogP contribution in [0.15, 0.2) is 30.3 Å². The fraction of sp³-hybridized carbons (Fsp3) is 0.714. The van der Waals surface area contributed by atoms with Crippen LogP contribution in [0.2, 0.25) is 25.0 Å². The van der Waals surface area contributed by atoms with E-state index in [2.05, 4.69) is 43.4 Å². The Labute approximate surface area is 158 Å². The van der Waals surface area contributed by atoms with E-state index >= 15 is 0 Å². The van der Waals surface area contributed by atoms with E-state index in [4.69, 9.17) is 8.92 Å². The molecule has 1 aromatic carbocycles. The van der Waals surface area contributed by atoms with E-state index in [1.807, 2.05) is 0 Å². The predicted molar refractivity (Wildman–Crippen MR) is 114 cm³/mol. The first-order valence-corrected chi connectivity index (χ1v) is 22.4. The summed E-state index contributed by atoms with van der Waals surface area (Å²) in [6.07, 6.45) is 14.6. The molecule has 0 bridgehead atoms. The molecular weight excluding hydrogens is 434 g/mol. The molecule has 0 aromatic heterocycles. The normalized spacial score (nSPS) is 21.8. The number of halogens is 1. The van der Waals surface area contributed by atoms with Gasteiger partial charge in [0.25, 0.3) is 0 Å². The maximum absolute atomic E-state index is 7.88. The summed E-state index contributed by atoms with van der Waals surface area (Å²) < 4.78 is 3.41. The van der Waals surface area contributed by atoms with Crippen molar-refractivity contribution in [3.8, 4) is 0 Å². The van der Waals surface area contributed by atoms with Crippen LogP contribution in [0, 0.1) is 0 Å². The minimum atomic E-state index is -2.65. The van der Waals surface area contributed by atoms with Gasteiger partial charge in [-0.2, -0.15) is 0 Å². The fourth-order valence-electron chi connectivity index (χ4n) is 5.46. The molecule has 0 saturated heterocycles. The van der Waals surface area contributed by atoms with Crippen LogP contribution in [-0.4, -0.2) is 25.3 Å². The summed E-state index contributed by atoms with van der Waals surface area (Å²) in [5.74, 6) is 0. The second kappa shape index (κ2) is 8.48. The average molecular weight is 470 g/mol. The molecule has 0 N–H and O–H groups in total. The van der Waals surface area contributed by atoms with Crippen LogP contribution in [0.3, 0.4) is 0 Å². The first-order chi connectivity index (χ1) is 11.5. The predicted octanol–water partition coefficient (Wildman–Crippen LogP) is 6.99. The summed E-state index contributed by atoms with van der Waals surface area (Å²) in [6.45, 7) is 5.20. The third-order valence-corrected chi connectivity index (χ3v) is 40.2. The molecule has 2 aliphatic rings. The van der Waals surface area contributed by atoms with Crippen LogP contribution < -0.4 is 5.19 Å². The Morgan fingerprint density at radius 1 is 0.833 bits per heavy atom. The topological polar surface area (TPSA) is 0 Å². The third kappa shape index (κ3) is 4.43. The number of hydrogen-bond donors (Lipinski definition) is 0. The van der Waals surface area contributed by atoms with Crippen molar-refractivity contribution in [1.29, 1.82) is 0 Å². The Kier molecular flexibility index (Phi) is 6.81. The zero-order valence-electron chi connectivity index (χ0n) is 15.7. The molecule has 0 amide bonds. The van der Waals surface area contributed by atoms with E-state index in [1.165, 1.54) is 68.3 Å². The maximum atomic E-state index is 7.88. The summed E-state index contributed by atoms with van der Waals surface area (Å²) in [5.41, 5.74) is 0. The molecule has 1 aromatic rings. The van der Waals surface area contributed by atoms with Gasteiger partial charge in [-0.1, -0.05) is 0 Å². The Bertz CT molecular complexity index is 486. The Hall–Kier alpha value is 0.526. The molecule has 0 heterocycles. The third-order valence-electron chi connectivity index (χ3n) is 6.84. The quantitative estimate of drug-likeness (QED) is 0.408. The second-order valence-corrected chi connectivity index (χ2v) is 31.4. The van der Waals surface area contributed by atoms with E-state index in [0.717, 1.165) is 7.87 Å². The standard InChI is InChI=1S/C9H13Si.2C6H11.ClH.Sn/c1-10(2,3)9-7-5-4-6-8-9;2*1-2-4-6-5-3-1;;/h4-8H,1H2,2-3H3;2*1H,2-6H2;1H;/q;;;;+1/p-1. The summed E-state index contributed by atoms with van der Waals surface area (Å²) >= 11 is -2.65. The molecule has 0 nitrogen and oxygen atoms in total. The van der Waals surface area contributed by atoms with Crippen LogP contribution in [0.5, 0.6) is 0 Å². The molecular formula is C21H35ClSiSn. The van der Waals surface area contributed by atoms with Crippen molar-refractivity contribution in [3.05, 3.63) is 30.3 Å². The molecule has 0 radical (unpaired) electrons. The van der Waals surface area contributed by atoms with Gasteiger partial charge in [0.15, 0.2) is 0 Å². The molecule has 0 atom stereocenters. The van der Waals surface area contributed by atoms with E-state index in [9.17, 15) is 0 Å². The molecule has 2 saturated carbocycles. The van der Waals surface area contributed by atoms with Gasteiger partial charge in [-0.25, -0.2) is 0 Å². The van der Waals surface area contributed by atoms with Crippen molar-refractivity contribution in [2.45, 2.75) is 89.2 Å². The number of benzene rings is 1. The van der Waals surface area contributed by atoms with Gasteiger partial charge in [0.2, 0.25) is 0 Å². The Balaban J connectivity index is 1.86. The van der Waals surface area contributed by atoms with Gasteiger partial charge in [0, 0.05) is 0 Å². The van der Waals surface area contributed by atoms with Crippen LogP contribution in [-0.2, 0) is 0 Å². The van der Waals surface area contributed by atoms with Gasteiger partial charge in [-0.15, -0.1) is 0 Å². The monoisotopic (exact) mass is 470 g/mol. The van der Waals surface area contributed by atoms with E-state index < -0.39 is 25.3 Å². The van der Waals surface area contributed by atoms with Crippen molar-refractivity contribution >= 4 is 39.4 Å². The second-order valence-electron chi connectivity index (χ2n) is 9.02. The SMILES string of the molecule is C[Si](C)([CH2][Sn]([Cl])([CH]1CCCCC1)[CH]1CCCCC1)c1ccccc1. The van der Waals surface area contributed by atoms with Crippen molar-refractivity contribution in [2.24, 2.45) is 0 Å². The van der Waals surface area contributed by atoms with E-state index in [1.54, 1.807) is 5.19 Å². The molecule has 134 valence electrons. The number of hydrogen-bond acceptors (Lipinski definition) is 0. The molecule has 0 unspecified atom stereocenters. The summed E-state index contributed by atoms with van der Waals surface area (Å²) in [5, 5.41) is 1.64. The van der Waals surface area contributed by atoms with Gasteiger partial charge >= 0.3 is 159 Å². The molecule has 2 aliphatic carbocycles. The van der Waals surface area contributed by atoms with Gasteiger partial charge in [-0.05, 0) is 0 Å². The van der Waals surface area contributed by atoms with Crippen LogP contribution in [0.4, 0.5) is 0 Å². The van der Waals surface area contributed by atoms with Crippen LogP contribution in [0.25, 0.3) is 0 Å². The average Bonchev–Trinajstić information content (AvgIpc) is 2.63. The van der Waals surface area contributed by atoms with Crippen molar-refractivity contribution < 1.29 is 0 Å². The first kappa shape index (κ1) is 19.3. The minimum absolute atomic E-state index is 0.966. The molecule has 3 rings (SSSR count). The van der Waals surface area contributed by atoms with Crippen molar-refractivity contribution in [2.75, 3.05) is 0 Å². The van der Waals surface area contributed by atoms with Crippen molar-refractivity contribution in [1.82, 2.24) is 0 Å². The molecule has 0 aliphatic heterocycles. The number of rotatable bonds is 5.